The van der Waals surface area contributed by atoms with Gasteiger partial charge in [0.15, 0.2) is 0 Å². The second kappa shape index (κ2) is 19.5. The molecule has 2 aliphatic carbocycles. The van der Waals surface area contributed by atoms with Crippen molar-refractivity contribution in [3.8, 4) is 11.1 Å². The Bertz CT molecular complexity index is 1490. The number of aryl methyl sites for hydroxylation is 1. The van der Waals surface area contributed by atoms with Crippen LogP contribution in [0.1, 0.15) is 88.8 Å². The largest absolute Gasteiger partial charge is 0.358 e. The van der Waals surface area contributed by atoms with Crippen molar-refractivity contribution in [3.05, 3.63) is 156 Å². The number of halogens is 2. The Labute approximate surface area is 309 Å². The van der Waals surface area contributed by atoms with Gasteiger partial charge in [0, 0.05) is 0 Å². The molecule has 0 saturated carbocycles. The monoisotopic (exact) mass is 728 g/mol. The standard InChI is InChI=1S/C21H25.C13H13.C7H7.CH3.CH2.2ClH.Zr/c1-20(2,3)16-7-9-18-14(12-16)11-15-13-17(21(4,5)6)8-10-19(15)18;1-10-8-11(2)13(9-10)12-6-4-3-5-7-12;1-7-5-3-2-4-6-7;;;;;/h7-10,12H,11H2,1-6H3;3-7,9-10H,1-2H3;3-6H,1H3;1H3;1H2;2*1H;/q4*-1;;;;. The summed E-state index contributed by atoms with van der Waals surface area (Å²) in [4.78, 5) is 0. The molecule has 246 valence electrons. The topological polar surface area (TPSA) is 0 Å². The number of hydrogen-bond donors (Lipinski definition) is 0. The van der Waals surface area contributed by atoms with E-state index in [-0.39, 0.29) is 43.1 Å². The molecule has 0 heterocycles. The maximum absolute atomic E-state index is 3.67. The minimum absolute atomic E-state index is 0. The SMILES string of the molecule is CC(C)(C)c1[c-]c2c(cc1)-c1ccc(C(C)(C)C)cc1C2.CC1=[C-]C(C)C=C1c1ccccc1.Cc1cc[c-]cc1.Cl.Cl.[CH2]=[Zr].[CH3-]. The van der Waals surface area contributed by atoms with Crippen LogP contribution in [0.15, 0.2) is 96.6 Å². The zero-order chi connectivity index (χ0) is 31.8. The average molecular weight is 731 g/mol. The van der Waals surface area contributed by atoms with Crippen LogP contribution in [0.3, 0.4) is 0 Å². The Hall–Kier alpha value is -2.31. The van der Waals surface area contributed by atoms with Crippen LogP contribution in [0.25, 0.3) is 16.7 Å². The molecule has 0 amide bonds. The predicted octanol–water partition coefficient (Wildman–Crippen LogP) is 12.2. The van der Waals surface area contributed by atoms with Gasteiger partial charge in [-0.2, -0.15) is 71.3 Å². The number of hydrogen-bond acceptors (Lipinski definition) is 0. The van der Waals surface area contributed by atoms with Gasteiger partial charge in [-0.05, 0) is 28.4 Å². The van der Waals surface area contributed by atoms with Crippen LogP contribution in [0.5, 0.6) is 0 Å². The smallest absolute Gasteiger partial charge is 0.358 e. The van der Waals surface area contributed by atoms with Gasteiger partial charge in [0.2, 0.25) is 0 Å². The first-order valence-electron chi connectivity index (χ1n) is 15.2. The fourth-order valence-electron chi connectivity index (χ4n) is 5.26. The first kappa shape index (κ1) is 43.7. The van der Waals surface area contributed by atoms with Crippen molar-refractivity contribution in [2.45, 2.75) is 79.6 Å². The molecule has 0 spiro atoms. The normalized spacial score (nSPS) is 13.8. The fourth-order valence-corrected chi connectivity index (χ4v) is 5.26. The van der Waals surface area contributed by atoms with E-state index >= 15 is 0 Å². The van der Waals surface area contributed by atoms with Crippen LogP contribution in [0.2, 0.25) is 0 Å². The van der Waals surface area contributed by atoms with Crippen LogP contribution in [-0.2, 0) is 41.5 Å². The molecule has 0 N–H and O–H groups in total. The average Bonchev–Trinajstić information content (AvgIpc) is 3.52. The van der Waals surface area contributed by atoms with E-state index in [1.807, 2.05) is 30.3 Å². The van der Waals surface area contributed by atoms with Crippen molar-refractivity contribution in [1.29, 1.82) is 0 Å². The number of benzene rings is 4. The Morgan fingerprint density at radius 1 is 0.761 bits per heavy atom. The quantitative estimate of drug-likeness (QED) is 0.151. The van der Waals surface area contributed by atoms with E-state index in [4.69, 9.17) is 0 Å². The minimum atomic E-state index is 0. The molecule has 46 heavy (non-hydrogen) atoms. The van der Waals surface area contributed by atoms with Crippen molar-refractivity contribution >= 4 is 34.6 Å². The molecule has 0 bridgehead atoms. The second-order valence-corrected chi connectivity index (χ2v) is 13.4. The van der Waals surface area contributed by atoms with E-state index in [0.717, 1.165) is 6.42 Å². The number of rotatable bonds is 1. The Morgan fingerprint density at radius 2 is 1.35 bits per heavy atom. The molecule has 1 atom stereocenters. The van der Waals surface area contributed by atoms with Crippen LogP contribution < -0.4 is 0 Å². The summed E-state index contributed by atoms with van der Waals surface area (Å²) in [6.45, 7) is 20.0. The van der Waals surface area contributed by atoms with Gasteiger partial charge in [0.1, 0.15) is 0 Å². The van der Waals surface area contributed by atoms with E-state index in [1.54, 1.807) is 0 Å². The summed E-state index contributed by atoms with van der Waals surface area (Å²) in [6, 6.07) is 36.5. The Kier molecular flexibility index (Phi) is 18.5. The van der Waals surface area contributed by atoms with Crippen LogP contribution in [-0.4, -0.2) is 4.21 Å². The third-order valence-electron chi connectivity index (χ3n) is 7.70. The summed E-state index contributed by atoms with van der Waals surface area (Å²) in [6.07, 6.45) is 6.68. The van der Waals surface area contributed by atoms with E-state index in [1.165, 1.54) is 79.9 Å². The third-order valence-corrected chi connectivity index (χ3v) is 7.70. The van der Waals surface area contributed by atoms with Crippen molar-refractivity contribution in [2.24, 2.45) is 5.92 Å². The second-order valence-electron chi connectivity index (χ2n) is 13.4. The van der Waals surface area contributed by atoms with Crippen LogP contribution in [0, 0.1) is 38.5 Å². The minimum Gasteiger partial charge on any atom is -0.358 e. The molecule has 1 unspecified atom stereocenters. The molecule has 0 nitrogen and oxygen atoms in total. The molecule has 0 fully saturated rings. The van der Waals surface area contributed by atoms with Gasteiger partial charge in [-0.1, -0.05) is 122 Å². The number of fused-ring (bicyclic) bond motifs is 3. The van der Waals surface area contributed by atoms with Gasteiger partial charge < -0.3 is 7.43 Å². The summed E-state index contributed by atoms with van der Waals surface area (Å²) in [5, 5.41) is 0. The molecule has 4 aromatic carbocycles. The first-order chi connectivity index (χ1) is 20.3. The zero-order valence-corrected chi connectivity index (χ0v) is 33.6. The van der Waals surface area contributed by atoms with Gasteiger partial charge in [0.25, 0.3) is 0 Å². The summed E-state index contributed by atoms with van der Waals surface area (Å²) in [5.41, 5.74) is 13.9. The fraction of sp³-hybridized carbons (Fsp3) is 0.302. The van der Waals surface area contributed by atoms with Crippen molar-refractivity contribution in [2.75, 3.05) is 0 Å². The summed E-state index contributed by atoms with van der Waals surface area (Å²) >= 11 is 1.30. The Morgan fingerprint density at radius 3 is 1.83 bits per heavy atom. The molecular weight excluding hydrogens is 679 g/mol. The van der Waals surface area contributed by atoms with Gasteiger partial charge in [-0.15, -0.1) is 41.5 Å². The number of allylic oxidation sites excluding steroid dienone is 4. The van der Waals surface area contributed by atoms with Crippen molar-refractivity contribution < 1.29 is 24.2 Å². The molecule has 0 saturated heterocycles. The summed E-state index contributed by atoms with van der Waals surface area (Å²) < 4.78 is 3.34. The van der Waals surface area contributed by atoms with Gasteiger partial charge in [-0.3, -0.25) is 6.08 Å². The van der Waals surface area contributed by atoms with Gasteiger partial charge in [0.05, 0.1) is 0 Å². The first-order valence-corrected chi connectivity index (χ1v) is 16.9. The van der Waals surface area contributed by atoms with E-state index in [2.05, 4.69) is 145 Å². The summed E-state index contributed by atoms with van der Waals surface area (Å²) in [5.74, 6) is 0.468. The van der Waals surface area contributed by atoms with Gasteiger partial charge in [-0.25, -0.2) is 5.57 Å². The molecule has 3 heteroatoms. The third kappa shape index (κ3) is 12.1. The maximum Gasteiger partial charge on any atom is -0.358 e. The van der Waals surface area contributed by atoms with Crippen molar-refractivity contribution in [1.82, 2.24) is 0 Å². The molecule has 0 aromatic heterocycles. The summed E-state index contributed by atoms with van der Waals surface area (Å²) in [7, 11) is 0. The van der Waals surface area contributed by atoms with Crippen molar-refractivity contribution in [3.63, 3.8) is 0 Å². The zero-order valence-electron chi connectivity index (χ0n) is 29.5. The predicted molar refractivity (Wildman–Crippen MR) is 205 cm³/mol. The Balaban J connectivity index is 0.000000696. The molecule has 2 aliphatic rings. The van der Waals surface area contributed by atoms with E-state index < -0.39 is 0 Å². The van der Waals surface area contributed by atoms with E-state index in [0.29, 0.717) is 5.92 Å². The molecule has 0 aliphatic heterocycles. The van der Waals surface area contributed by atoms with Crippen LogP contribution in [0.4, 0.5) is 0 Å². The molecule has 4 aromatic rings. The molecule has 6 rings (SSSR count). The van der Waals surface area contributed by atoms with Crippen LogP contribution >= 0.6 is 24.8 Å². The molecular formula is C43H52Cl2Zr-4. The maximum atomic E-state index is 3.67. The van der Waals surface area contributed by atoms with Gasteiger partial charge >= 0.3 is 28.4 Å². The molecule has 0 radical (unpaired) electrons. The van der Waals surface area contributed by atoms with E-state index in [9.17, 15) is 0 Å².